The van der Waals surface area contributed by atoms with Gasteiger partial charge >= 0.3 is 5.97 Å². The fourth-order valence-electron chi connectivity index (χ4n) is 3.94. The number of methoxy groups -OCH3 is 2. The summed E-state index contributed by atoms with van der Waals surface area (Å²) in [7, 11) is 2.91. The van der Waals surface area contributed by atoms with Crippen LogP contribution in [0.2, 0.25) is 0 Å². The van der Waals surface area contributed by atoms with Crippen molar-refractivity contribution in [3.63, 3.8) is 0 Å². The van der Waals surface area contributed by atoms with Crippen molar-refractivity contribution in [1.29, 1.82) is 0 Å². The van der Waals surface area contributed by atoms with Crippen LogP contribution in [0.25, 0.3) is 0 Å². The molecule has 176 valence electrons. The lowest BCUT2D eigenvalue weighted by Crippen LogP contribution is -2.37. The number of allylic oxidation sites excluding steroid dienone is 1. The molecule has 0 saturated heterocycles. The van der Waals surface area contributed by atoms with Gasteiger partial charge in [0.1, 0.15) is 11.6 Å². The monoisotopic (exact) mass is 481 g/mol. The average molecular weight is 482 g/mol. The number of carbonyl (C=O) groups excluding carboxylic acids is 2. The predicted octanol–water partition coefficient (Wildman–Crippen LogP) is 4.29. The quantitative estimate of drug-likeness (QED) is 0.595. The Labute approximate surface area is 201 Å². The maximum absolute atomic E-state index is 13.4. The highest BCUT2D eigenvalue weighted by Gasteiger charge is 2.41. The van der Waals surface area contributed by atoms with Crippen molar-refractivity contribution in [2.24, 2.45) is 4.99 Å². The summed E-state index contributed by atoms with van der Waals surface area (Å²) in [5, 5.41) is 5.36. The van der Waals surface area contributed by atoms with E-state index in [0.717, 1.165) is 5.56 Å². The molecule has 2 aromatic carbocycles. The Kier molecular flexibility index (Phi) is 7.02. The molecule has 0 radical (unpaired) electrons. The second-order valence-corrected chi connectivity index (χ2v) is 8.58. The van der Waals surface area contributed by atoms with Crippen LogP contribution in [0.5, 0.6) is 5.75 Å². The van der Waals surface area contributed by atoms with E-state index in [4.69, 9.17) is 9.47 Å². The van der Waals surface area contributed by atoms with Gasteiger partial charge in [0.05, 0.1) is 38.0 Å². The van der Waals surface area contributed by atoms with Crippen LogP contribution >= 0.6 is 11.8 Å². The van der Waals surface area contributed by atoms with Crippen molar-refractivity contribution in [2.75, 3.05) is 14.2 Å². The standard InChI is InChI=1S/C25H24FN3O4S/c1-15-22(24(31)33-3)23(17-7-5-9-20(11-17)32-2)29-19(14-34-25(29)28-15)12-21(30)27-13-16-6-4-8-18(26)10-16/h4-11,14,23H,12-13H2,1-3H3,(H,27,30)/t23-/m1/s1. The van der Waals surface area contributed by atoms with E-state index in [2.05, 4.69) is 10.3 Å². The molecular formula is C25H24FN3O4S. The minimum absolute atomic E-state index is 0.0648. The lowest BCUT2D eigenvalue weighted by atomic mass is 9.93. The van der Waals surface area contributed by atoms with Gasteiger partial charge in [0.15, 0.2) is 5.17 Å². The van der Waals surface area contributed by atoms with E-state index in [9.17, 15) is 14.0 Å². The number of halogens is 1. The summed E-state index contributed by atoms with van der Waals surface area (Å²) >= 11 is 1.39. The Morgan fingerprint density at radius 2 is 1.97 bits per heavy atom. The Morgan fingerprint density at radius 1 is 1.18 bits per heavy atom. The topological polar surface area (TPSA) is 80.2 Å². The third-order valence-electron chi connectivity index (χ3n) is 5.54. The second-order valence-electron chi connectivity index (χ2n) is 7.74. The van der Waals surface area contributed by atoms with Crippen LogP contribution in [0.15, 0.2) is 75.9 Å². The zero-order chi connectivity index (χ0) is 24.2. The van der Waals surface area contributed by atoms with Gasteiger partial charge in [-0.05, 0) is 47.7 Å². The van der Waals surface area contributed by atoms with E-state index in [1.54, 1.807) is 26.2 Å². The van der Waals surface area contributed by atoms with E-state index in [-0.39, 0.29) is 24.7 Å². The van der Waals surface area contributed by atoms with Crippen LogP contribution in [-0.4, -0.2) is 36.2 Å². The molecule has 2 aliphatic rings. The Balaban J connectivity index is 1.61. The molecule has 1 N–H and O–H groups in total. The smallest absolute Gasteiger partial charge is 0.338 e. The molecule has 0 aromatic heterocycles. The molecule has 0 saturated carbocycles. The molecular weight excluding hydrogens is 457 g/mol. The van der Waals surface area contributed by atoms with Gasteiger partial charge in [0, 0.05) is 12.2 Å². The number of nitrogens with one attached hydrogen (secondary N) is 1. The molecule has 0 spiro atoms. The number of hydrogen-bond donors (Lipinski definition) is 1. The molecule has 2 aliphatic heterocycles. The molecule has 2 heterocycles. The summed E-state index contributed by atoms with van der Waals surface area (Å²) in [6.45, 7) is 1.98. The number of hydrogen-bond acceptors (Lipinski definition) is 7. The summed E-state index contributed by atoms with van der Waals surface area (Å²) in [6, 6.07) is 13.0. The molecule has 0 fully saturated rings. The molecule has 2 aromatic rings. The summed E-state index contributed by atoms with van der Waals surface area (Å²) in [6.07, 6.45) is 0.0648. The number of ether oxygens (including phenoxy) is 2. The van der Waals surface area contributed by atoms with Crippen molar-refractivity contribution < 1.29 is 23.5 Å². The van der Waals surface area contributed by atoms with Gasteiger partial charge in [-0.25, -0.2) is 14.2 Å². The molecule has 0 bridgehead atoms. The van der Waals surface area contributed by atoms with Gasteiger partial charge in [-0.15, -0.1) is 0 Å². The highest BCUT2D eigenvalue weighted by molar-refractivity contribution is 8.16. The first-order chi connectivity index (χ1) is 16.4. The molecule has 1 atom stereocenters. The Hall–Kier alpha value is -3.59. The maximum atomic E-state index is 13.4. The number of nitrogens with zero attached hydrogens (tertiary/aromatic N) is 2. The second kappa shape index (κ2) is 10.1. The van der Waals surface area contributed by atoms with Crippen LogP contribution in [0.3, 0.4) is 0 Å². The zero-order valence-electron chi connectivity index (χ0n) is 19.0. The van der Waals surface area contributed by atoms with Gasteiger partial charge in [-0.3, -0.25) is 4.79 Å². The van der Waals surface area contributed by atoms with Gasteiger partial charge in [-0.1, -0.05) is 36.0 Å². The minimum atomic E-state index is -0.535. The molecule has 7 nitrogen and oxygen atoms in total. The van der Waals surface area contributed by atoms with E-state index in [1.807, 2.05) is 34.6 Å². The first-order valence-electron chi connectivity index (χ1n) is 10.6. The molecule has 0 unspecified atom stereocenters. The molecule has 0 aliphatic carbocycles. The molecule has 34 heavy (non-hydrogen) atoms. The average Bonchev–Trinajstić information content (AvgIpc) is 3.23. The van der Waals surface area contributed by atoms with E-state index >= 15 is 0 Å². The van der Waals surface area contributed by atoms with Crippen LogP contribution in [0.4, 0.5) is 4.39 Å². The zero-order valence-corrected chi connectivity index (χ0v) is 19.8. The first kappa shape index (κ1) is 23.6. The number of rotatable bonds is 7. The number of fused-ring (bicyclic) bond motifs is 1. The number of esters is 1. The summed E-state index contributed by atoms with van der Waals surface area (Å²) in [5.74, 6) is -0.421. The summed E-state index contributed by atoms with van der Waals surface area (Å²) in [4.78, 5) is 32.0. The van der Waals surface area contributed by atoms with Crippen LogP contribution in [-0.2, 0) is 20.9 Å². The van der Waals surface area contributed by atoms with Gasteiger partial charge in [0.25, 0.3) is 0 Å². The van der Waals surface area contributed by atoms with Gasteiger partial charge in [-0.2, -0.15) is 0 Å². The van der Waals surface area contributed by atoms with Gasteiger partial charge in [0.2, 0.25) is 5.91 Å². The fraction of sp³-hybridized carbons (Fsp3) is 0.240. The van der Waals surface area contributed by atoms with E-state index < -0.39 is 12.0 Å². The Bertz CT molecular complexity index is 1220. The van der Waals surface area contributed by atoms with Crippen molar-refractivity contribution in [3.8, 4) is 5.75 Å². The summed E-state index contributed by atoms with van der Waals surface area (Å²) in [5.41, 5.74) is 3.13. The highest BCUT2D eigenvalue weighted by atomic mass is 32.2. The largest absolute Gasteiger partial charge is 0.497 e. The normalized spacial score (nSPS) is 17.1. The number of benzene rings is 2. The van der Waals surface area contributed by atoms with Crippen molar-refractivity contribution in [1.82, 2.24) is 10.2 Å². The SMILES string of the molecule is COC(=O)C1=C(C)N=C2SC=C(CC(=O)NCc3cccc(F)c3)N2[C@@H]1c1cccc(OC)c1. The van der Waals surface area contributed by atoms with E-state index in [0.29, 0.717) is 33.4 Å². The minimum Gasteiger partial charge on any atom is -0.497 e. The van der Waals surface area contributed by atoms with Crippen LogP contribution in [0, 0.1) is 5.82 Å². The van der Waals surface area contributed by atoms with Crippen molar-refractivity contribution in [3.05, 3.63) is 87.9 Å². The highest BCUT2D eigenvalue weighted by Crippen LogP contribution is 2.45. The third-order valence-corrected chi connectivity index (χ3v) is 6.42. The number of amides is 1. The first-order valence-corrected chi connectivity index (χ1v) is 11.5. The van der Waals surface area contributed by atoms with Crippen LogP contribution < -0.4 is 10.1 Å². The number of aliphatic imine (C=N–C) groups is 1. The molecule has 4 rings (SSSR count). The predicted molar refractivity (Wildman–Crippen MR) is 128 cm³/mol. The third kappa shape index (κ3) is 4.84. The fourth-order valence-corrected chi connectivity index (χ4v) is 4.91. The molecule has 9 heteroatoms. The van der Waals surface area contributed by atoms with Crippen LogP contribution in [0.1, 0.15) is 30.5 Å². The number of amidine groups is 1. The lowest BCUT2D eigenvalue weighted by molar-refractivity contribution is -0.136. The van der Waals surface area contributed by atoms with Crippen molar-refractivity contribution in [2.45, 2.75) is 25.9 Å². The van der Waals surface area contributed by atoms with Gasteiger partial charge < -0.3 is 19.7 Å². The van der Waals surface area contributed by atoms with E-state index in [1.165, 1.54) is 31.0 Å². The molecule has 1 amide bonds. The summed E-state index contributed by atoms with van der Waals surface area (Å²) < 4.78 is 23.9. The number of thioether (sulfide) groups is 1. The Morgan fingerprint density at radius 3 is 2.71 bits per heavy atom. The number of carbonyl (C=O) groups is 2. The lowest BCUT2D eigenvalue weighted by Gasteiger charge is -2.36. The van der Waals surface area contributed by atoms with Crippen molar-refractivity contribution >= 4 is 28.8 Å². The maximum Gasteiger partial charge on any atom is 0.338 e.